The number of nitrogens with zero attached hydrogens (tertiary/aromatic N) is 2. The predicted molar refractivity (Wildman–Crippen MR) is 75.1 cm³/mol. The van der Waals surface area contributed by atoms with Crippen molar-refractivity contribution in [1.82, 2.24) is 9.80 Å². The molecule has 0 aromatic rings. The first-order valence-corrected chi connectivity index (χ1v) is 6.98. The minimum absolute atomic E-state index is 0.230. The maximum absolute atomic E-state index is 6.14. The Labute approximate surface area is 107 Å². The number of rotatable bonds is 5. The molecule has 0 saturated heterocycles. The molecule has 1 aliphatic rings. The summed E-state index contributed by atoms with van der Waals surface area (Å²) in [5.41, 5.74) is 6.37. The number of hydrogen-bond donors (Lipinski definition) is 1. The fraction of sp³-hybridized carbons (Fsp3) is 1.00. The second-order valence-electron chi connectivity index (χ2n) is 6.32. The van der Waals surface area contributed by atoms with Crippen molar-refractivity contribution in [3.63, 3.8) is 0 Å². The second-order valence-corrected chi connectivity index (χ2v) is 6.32. The van der Waals surface area contributed by atoms with E-state index in [1.807, 2.05) is 0 Å². The summed E-state index contributed by atoms with van der Waals surface area (Å²) in [6.07, 6.45) is 3.95. The molecular weight excluding hydrogens is 210 g/mol. The topological polar surface area (TPSA) is 32.5 Å². The Morgan fingerprint density at radius 1 is 1.12 bits per heavy atom. The van der Waals surface area contributed by atoms with Crippen molar-refractivity contribution < 1.29 is 0 Å². The van der Waals surface area contributed by atoms with Crippen molar-refractivity contribution in [3.8, 4) is 0 Å². The van der Waals surface area contributed by atoms with Crippen LogP contribution in [0.2, 0.25) is 0 Å². The lowest BCUT2D eigenvalue weighted by atomic mass is 9.69. The van der Waals surface area contributed by atoms with E-state index in [2.05, 4.69) is 44.8 Å². The van der Waals surface area contributed by atoms with Gasteiger partial charge in [0.1, 0.15) is 0 Å². The third-order valence-corrected chi connectivity index (χ3v) is 4.71. The first-order valence-electron chi connectivity index (χ1n) is 6.98. The van der Waals surface area contributed by atoms with E-state index in [-0.39, 0.29) is 5.54 Å². The molecule has 0 heterocycles. The van der Waals surface area contributed by atoms with Crippen LogP contribution >= 0.6 is 0 Å². The van der Waals surface area contributed by atoms with Crippen LogP contribution in [0.4, 0.5) is 0 Å². The Balaban J connectivity index is 2.70. The van der Waals surface area contributed by atoms with Gasteiger partial charge in [-0.3, -0.25) is 4.90 Å². The van der Waals surface area contributed by atoms with Crippen molar-refractivity contribution >= 4 is 0 Å². The molecule has 0 aliphatic heterocycles. The molecule has 0 spiro atoms. The van der Waals surface area contributed by atoms with Gasteiger partial charge in [-0.25, -0.2) is 0 Å². The Morgan fingerprint density at radius 2 is 1.76 bits per heavy atom. The van der Waals surface area contributed by atoms with Crippen LogP contribution in [0.1, 0.15) is 33.1 Å². The summed E-state index contributed by atoms with van der Waals surface area (Å²) in [4.78, 5) is 4.77. The molecule has 1 saturated carbocycles. The molecule has 1 aliphatic carbocycles. The monoisotopic (exact) mass is 241 g/mol. The fourth-order valence-corrected chi connectivity index (χ4v) is 3.25. The molecule has 0 amide bonds. The van der Waals surface area contributed by atoms with Gasteiger partial charge in [0.15, 0.2) is 0 Å². The summed E-state index contributed by atoms with van der Waals surface area (Å²) < 4.78 is 0. The standard InChI is InChI=1S/C14H31N3/c1-12-6-7-13(2)14(10-12,11-15)17(5)9-8-16(3)4/h12-13H,6-11,15H2,1-5H3. The summed E-state index contributed by atoms with van der Waals surface area (Å²) in [6.45, 7) is 7.77. The Morgan fingerprint density at radius 3 is 2.29 bits per heavy atom. The lowest BCUT2D eigenvalue weighted by Crippen LogP contribution is -2.60. The lowest BCUT2D eigenvalue weighted by Gasteiger charge is -2.50. The minimum Gasteiger partial charge on any atom is -0.329 e. The average molecular weight is 241 g/mol. The highest BCUT2D eigenvalue weighted by molar-refractivity contribution is 4.99. The first kappa shape index (κ1) is 14.9. The smallest absolute Gasteiger partial charge is 0.0357 e. The molecule has 0 bridgehead atoms. The first-order chi connectivity index (χ1) is 7.92. The van der Waals surface area contributed by atoms with Gasteiger partial charge in [0.05, 0.1) is 0 Å². The van der Waals surface area contributed by atoms with Gasteiger partial charge in [-0.05, 0) is 45.8 Å². The lowest BCUT2D eigenvalue weighted by molar-refractivity contribution is 0.0114. The van der Waals surface area contributed by atoms with Crippen LogP contribution in [0.25, 0.3) is 0 Å². The van der Waals surface area contributed by atoms with Crippen LogP contribution in [0, 0.1) is 11.8 Å². The van der Waals surface area contributed by atoms with E-state index in [1.165, 1.54) is 19.3 Å². The van der Waals surface area contributed by atoms with E-state index in [4.69, 9.17) is 5.73 Å². The highest BCUT2D eigenvalue weighted by atomic mass is 15.2. The van der Waals surface area contributed by atoms with Gasteiger partial charge in [-0.2, -0.15) is 0 Å². The van der Waals surface area contributed by atoms with Crippen LogP contribution in [0.3, 0.4) is 0 Å². The molecule has 3 nitrogen and oxygen atoms in total. The molecule has 0 radical (unpaired) electrons. The Bertz CT molecular complexity index is 230. The van der Waals surface area contributed by atoms with Gasteiger partial charge in [0, 0.05) is 25.2 Å². The van der Waals surface area contributed by atoms with Crippen molar-refractivity contribution in [2.45, 2.75) is 38.6 Å². The molecule has 3 unspecified atom stereocenters. The summed E-state index contributed by atoms with van der Waals surface area (Å²) >= 11 is 0. The highest BCUT2D eigenvalue weighted by Gasteiger charge is 2.42. The van der Waals surface area contributed by atoms with Gasteiger partial charge < -0.3 is 10.6 Å². The van der Waals surface area contributed by atoms with E-state index in [0.717, 1.165) is 31.5 Å². The number of hydrogen-bond acceptors (Lipinski definition) is 3. The molecule has 17 heavy (non-hydrogen) atoms. The van der Waals surface area contributed by atoms with Crippen molar-refractivity contribution in [1.29, 1.82) is 0 Å². The van der Waals surface area contributed by atoms with Gasteiger partial charge in [-0.1, -0.05) is 20.3 Å². The zero-order chi connectivity index (χ0) is 13.1. The van der Waals surface area contributed by atoms with Gasteiger partial charge in [-0.15, -0.1) is 0 Å². The van der Waals surface area contributed by atoms with Gasteiger partial charge >= 0.3 is 0 Å². The van der Waals surface area contributed by atoms with E-state index in [0.29, 0.717) is 0 Å². The molecule has 3 heteroatoms. The molecule has 2 N–H and O–H groups in total. The minimum atomic E-state index is 0.230. The highest BCUT2D eigenvalue weighted by Crippen LogP contribution is 2.39. The Kier molecular flexibility index (Phi) is 5.42. The van der Waals surface area contributed by atoms with Crippen LogP contribution < -0.4 is 5.73 Å². The predicted octanol–water partition coefficient (Wildman–Crippen LogP) is 1.63. The molecule has 1 fully saturated rings. The number of likely N-dealkylation sites (N-methyl/N-ethyl adjacent to an activating group) is 2. The van der Waals surface area contributed by atoms with E-state index in [9.17, 15) is 0 Å². The summed E-state index contributed by atoms with van der Waals surface area (Å²) in [7, 11) is 6.52. The number of nitrogens with two attached hydrogens (primary N) is 1. The average Bonchev–Trinajstić information content (AvgIpc) is 2.29. The Hall–Kier alpha value is -0.120. The zero-order valence-corrected chi connectivity index (χ0v) is 12.4. The third-order valence-electron chi connectivity index (χ3n) is 4.71. The van der Waals surface area contributed by atoms with Crippen LogP contribution in [-0.4, -0.2) is 56.1 Å². The van der Waals surface area contributed by atoms with Gasteiger partial charge in [0.25, 0.3) is 0 Å². The summed E-state index contributed by atoms with van der Waals surface area (Å²) in [5.74, 6) is 1.53. The summed E-state index contributed by atoms with van der Waals surface area (Å²) in [6, 6.07) is 0. The quantitative estimate of drug-likeness (QED) is 0.794. The maximum Gasteiger partial charge on any atom is 0.0357 e. The van der Waals surface area contributed by atoms with Crippen LogP contribution in [0.5, 0.6) is 0 Å². The maximum atomic E-state index is 6.14. The van der Waals surface area contributed by atoms with E-state index < -0.39 is 0 Å². The van der Waals surface area contributed by atoms with E-state index >= 15 is 0 Å². The molecule has 102 valence electrons. The van der Waals surface area contributed by atoms with E-state index in [1.54, 1.807) is 0 Å². The largest absolute Gasteiger partial charge is 0.329 e. The second kappa shape index (κ2) is 6.17. The summed E-state index contributed by atoms with van der Waals surface area (Å²) in [5, 5.41) is 0. The van der Waals surface area contributed by atoms with Crippen molar-refractivity contribution in [2.75, 3.05) is 40.8 Å². The third kappa shape index (κ3) is 3.43. The zero-order valence-electron chi connectivity index (χ0n) is 12.4. The normalized spacial score (nSPS) is 34.6. The molecule has 3 atom stereocenters. The van der Waals surface area contributed by atoms with Crippen molar-refractivity contribution in [2.24, 2.45) is 17.6 Å². The molecule has 0 aromatic heterocycles. The van der Waals surface area contributed by atoms with Crippen LogP contribution in [0.15, 0.2) is 0 Å². The van der Waals surface area contributed by atoms with Crippen molar-refractivity contribution in [3.05, 3.63) is 0 Å². The van der Waals surface area contributed by atoms with Crippen LogP contribution in [-0.2, 0) is 0 Å². The fourth-order valence-electron chi connectivity index (χ4n) is 3.25. The van der Waals surface area contributed by atoms with Gasteiger partial charge in [0.2, 0.25) is 0 Å². The molecule has 0 aromatic carbocycles. The SMILES string of the molecule is CC1CCC(C)C(CN)(N(C)CCN(C)C)C1. The molecule has 1 rings (SSSR count). The molecular formula is C14H31N3.